The normalized spacial score (nSPS) is 12.0. The zero-order valence-corrected chi connectivity index (χ0v) is 33.6. The molecule has 0 saturated heterocycles. The third-order valence-corrected chi connectivity index (χ3v) is 12.5. The minimum absolute atomic E-state index is 0.192. The van der Waals surface area contributed by atoms with Crippen molar-refractivity contribution in [2.45, 2.75) is 47.0 Å². The number of aryl methyl sites for hydroxylation is 4. The molecular formula is C55H46N2. The Balaban J connectivity index is 1.02. The molecule has 2 heteroatoms. The van der Waals surface area contributed by atoms with E-state index in [4.69, 9.17) is 0 Å². The van der Waals surface area contributed by atoms with Crippen molar-refractivity contribution in [2.24, 2.45) is 0 Å². The van der Waals surface area contributed by atoms with Gasteiger partial charge in [0.25, 0.3) is 0 Å². The van der Waals surface area contributed by atoms with Crippen LogP contribution >= 0.6 is 0 Å². The van der Waals surface area contributed by atoms with Crippen molar-refractivity contribution in [3.63, 3.8) is 0 Å². The van der Waals surface area contributed by atoms with Crippen molar-refractivity contribution in [1.29, 1.82) is 0 Å². The zero-order chi connectivity index (χ0) is 39.0. The van der Waals surface area contributed by atoms with Crippen molar-refractivity contribution < 1.29 is 0 Å². The van der Waals surface area contributed by atoms with E-state index in [0.717, 1.165) is 0 Å². The summed E-state index contributed by atoms with van der Waals surface area (Å²) in [4.78, 5) is 0. The van der Waals surface area contributed by atoms with Crippen molar-refractivity contribution >= 4 is 43.6 Å². The van der Waals surface area contributed by atoms with Gasteiger partial charge in [-0.25, -0.2) is 0 Å². The van der Waals surface area contributed by atoms with E-state index in [2.05, 4.69) is 221 Å². The zero-order valence-electron chi connectivity index (χ0n) is 33.6. The molecule has 10 rings (SSSR count). The number of hydrogen-bond donors (Lipinski definition) is 0. The van der Waals surface area contributed by atoms with Gasteiger partial charge in [0.15, 0.2) is 0 Å². The number of para-hydroxylation sites is 4. The molecule has 276 valence electrons. The summed E-state index contributed by atoms with van der Waals surface area (Å²) in [6.45, 7) is 13.9. The lowest BCUT2D eigenvalue weighted by Crippen LogP contribution is -2.20. The number of rotatable bonds is 6. The molecule has 0 fully saturated rings. The van der Waals surface area contributed by atoms with E-state index < -0.39 is 0 Å². The van der Waals surface area contributed by atoms with Crippen molar-refractivity contribution in [3.8, 4) is 33.6 Å². The molecule has 2 heterocycles. The van der Waals surface area contributed by atoms with Crippen LogP contribution in [0.15, 0.2) is 170 Å². The summed E-state index contributed by atoms with van der Waals surface area (Å²) < 4.78 is 4.77. The Bertz CT molecular complexity index is 2910. The lowest BCUT2D eigenvalue weighted by atomic mass is 9.74. The average Bonchev–Trinajstić information content (AvgIpc) is 3.73. The van der Waals surface area contributed by atoms with Crippen LogP contribution in [0.25, 0.3) is 77.2 Å². The van der Waals surface area contributed by atoms with Gasteiger partial charge >= 0.3 is 0 Å². The van der Waals surface area contributed by atoms with Crippen LogP contribution in [-0.4, -0.2) is 9.13 Å². The first-order valence-corrected chi connectivity index (χ1v) is 20.1. The molecule has 0 saturated carbocycles. The molecule has 0 atom stereocenters. The molecule has 8 aromatic carbocycles. The number of nitrogens with zero attached hydrogens (tertiary/aromatic N) is 2. The molecule has 2 nitrogen and oxygen atoms in total. The average molecular weight is 735 g/mol. The van der Waals surface area contributed by atoms with Crippen LogP contribution in [0.3, 0.4) is 0 Å². The Morgan fingerprint density at radius 1 is 0.333 bits per heavy atom. The fourth-order valence-electron chi connectivity index (χ4n) is 9.69. The second-order valence-corrected chi connectivity index (χ2v) is 16.4. The van der Waals surface area contributed by atoms with Gasteiger partial charge in [0.05, 0.1) is 22.1 Å². The Morgan fingerprint density at radius 3 is 1.05 bits per heavy atom. The van der Waals surface area contributed by atoms with E-state index in [1.54, 1.807) is 0 Å². The third-order valence-electron chi connectivity index (χ3n) is 12.5. The Kier molecular flexibility index (Phi) is 8.09. The lowest BCUT2D eigenvalue weighted by molar-refractivity contribution is 0.638. The van der Waals surface area contributed by atoms with E-state index in [1.165, 1.54) is 111 Å². The third kappa shape index (κ3) is 5.54. The Labute approximate surface area is 335 Å². The summed E-state index contributed by atoms with van der Waals surface area (Å²) in [7, 11) is 0. The summed E-state index contributed by atoms with van der Waals surface area (Å²) in [6, 6.07) is 62.7. The molecule has 2 aromatic heterocycles. The minimum atomic E-state index is -0.192. The van der Waals surface area contributed by atoms with Gasteiger partial charge in [0, 0.05) is 38.3 Å². The topological polar surface area (TPSA) is 9.86 Å². The van der Waals surface area contributed by atoms with Crippen molar-refractivity contribution in [3.05, 3.63) is 203 Å². The van der Waals surface area contributed by atoms with Gasteiger partial charge in [-0.05, 0) is 144 Å². The Hall–Kier alpha value is -6.64. The van der Waals surface area contributed by atoms with Crippen LogP contribution < -0.4 is 0 Å². The van der Waals surface area contributed by atoms with Gasteiger partial charge in [-0.1, -0.05) is 123 Å². The summed E-state index contributed by atoms with van der Waals surface area (Å²) in [5.74, 6) is 0. The SMILES string of the molecule is Cc1cc(C(C)(C)c2cc(C)c(-c3ccc4c(c3)c3ccccc3n4-c3ccccc3)c(C)c2)cc(C)c1-c1ccc2c(c1)c1ccccc1n2-c1ccccc1. The quantitative estimate of drug-likeness (QED) is 0.161. The number of fused-ring (bicyclic) bond motifs is 6. The number of aromatic nitrogens is 2. The monoisotopic (exact) mass is 734 g/mol. The van der Waals surface area contributed by atoms with Crippen LogP contribution in [0.4, 0.5) is 0 Å². The van der Waals surface area contributed by atoms with E-state index >= 15 is 0 Å². The minimum Gasteiger partial charge on any atom is -0.309 e. The number of hydrogen-bond acceptors (Lipinski definition) is 0. The van der Waals surface area contributed by atoms with E-state index in [-0.39, 0.29) is 5.41 Å². The smallest absolute Gasteiger partial charge is 0.0541 e. The molecule has 0 radical (unpaired) electrons. The highest BCUT2D eigenvalue weighted by Crippen LogP contribution is 2.42. The van der Waals surface area contributed by atoms with Gasteiger partial charge in [-0.3, -0.25) is 0 Å². The summed E-state index contributed by atoms with van der Waals surface area (Å²) in [5, 5.41) is 5.11. The molecule has 57 heavy (non-hydrogen) atoms. The molecule has 0 aliphatic carbocycles. The second-order valence-electron chi connectivity index (χ2n) is 16.4. The summed E-state index contributed by atoms with van der Waals surface area (Å²) in [6.07, 6.45) is 0. The highest BCUT2D eigenvalue weighted by molar-refractivity contribution is 6.11. The van der Waals surface area contributed by atoms with Crippen LogP contribution in [0, 0.1) is 27.7 Å². The second kappa shape index (κ2) is 13.2. The van der Waals surface area contributed by atoms with Crippen LogP contribution in [-0.2, 0) is 5.41 Å². The number of benzene rings is 8. The van der Waals surface area contributed by atoms with Gasteiger partial charge < -0.3 is 9.13 Å². The molecule has 10 aromatic rings. The first-order valence-electron chi connectivity index (χ1n) is 20.1. The predicted molar refractivity (Wildman–Crippen MR) is 244 cm³/mol. The van der Waals surface area contributed by atoms with Crippen molar-refractivity contribution in [2.75, 3.05) is 0 Å². The van der Waals surface area contributed by atoms with Gasteiger partial charge in [-0.2, -0.15) is 0 Å². The van der Waals surface area contributed by atoms with Gasteiger partial charge in [0.1, 0.15) is 0 Å². The fourth-order valence-corrected chi connectivity index (χ4v) is 9.69. The van der Waals surface area contributed by atoms with Crippen LogP contribution in [0.1, 0.15) is 47.2 Å². The standard InChI is InChI=1S/C55H46N2/c1-35-29-41(30-36(2)53(35)39-25-27-51-47(33-39)45-21-13-15-23-49(45)56(51)43-17-9-7-10-18-43)55(5,6)42-31-37(3)54(38(4)32-42)40-26-28-52-48(34-40)46-22-14-16-24-50(46)57(52)44-19-11-8-12-20-44/h7-34H,1-6H3. The molecule has 0 aliphatic rings. The fraction of sp³-hybridized carbons (Fsp3) is 0.127. The summed E-state index contributed by atoms with van der Waals surface area (Å²) >= 11 is 0. The summed E-state index contributed by atoms with van der Waals surface area (Å²) in [5.41, 5.74) is 20.1. The van der Waals surface area contributed by atoms with E-state index in [1.807, 2.05) is 0 Å². The van der Waals surface area contributed by atoms with Gasteiger partial charge in [0.2, 0.25) is 0 Å². The molecule has 0 unspecified atom stereocenters. The highest BCUT2D eigenvalue weighted by Gasteiger charge is 2.27. The molecule has 0 aliphatic heterocycles. The first-order chi connectivity index (χ1) is 27.7. The largest absolute Gasteiger partial charge is 0.309 e. The molecule has 0 spiro atoms. The first kappa shape index (κ1) is 34.8. The van der Waals surface area contributed by atoms with Crippen LogP contribution in [0.5, 0.6) is 0 Å². The maximum absolute atomic E-state index is 2.43. The maximum atomic E-state index is 2.43. The molecular weight excluding hydrogens is 689 g/mol. The molecule has 0 bridgehead atoms. The van der Waals surface area contributed by atoms with Gasteiger partial charge in [-0.15, -0.1) is 0 Å². The highest BCUT2D eigenvalue weighted by atomic mass is 15.0. The molecule has 0 amide bonds. The maximum Gasteiger partial charge on any atom is 0.0541 e. The van der Waals surface area contributed by atoms with E-state index in [9.17, 15) is 0 Å². The Morgan fingerprint density at radius 2 is 0.667 bits per heavy atom. The predicted octanol–water partition coefficient (Wildman–Crippen LogP) is 14.8. The van der Waals surface area contributed by atoms with Crippen molar-refractivity contribution in [1.82, 2.24) is 9.13 Å². The van der Waals surface area contributed by atoms with E-state index in [0.29, 0.717) is 0 Å². The van der Waals surface area contributed by atoms with Crippen LogP contribution in [0.2, 0.25) is 0 Å². The molecule has 0 N–H and O–H groups in total. The lowest BCUT2D eigenvalue weighted by Gasteiger charge is -2.29.